The lowest BCUT2D eigenvalue weighted by Crippen LogP contribution is -2.19. The van der Waals surface area contributed by atoms with Crippen molar-refractivity contribution < 1.29 is 0 Å². The van der Waals surface area contributed by atoms with Gasteiger partial charge in [0.25, 0.3) is 0 Å². The van der Waals surface area contributed by atoms with E-state index in [0.29, 0.717) is 0 Å². The first-order valence-corrected chi connectivity index (χ1v) is 8.07. The van der Waals surface area contributed by atoms with Crippen LogP contribution < -0.4 is 5.32 Å². The molecule has 0 amide bonds. The van der Waals surface area contributed by atoms with Gasteiger partial charge in [-0.2, -0.15) is 0 Å². The van der Waals surface area contributed by atoms with Crippen LogP contribution in [0.15, 0.2) is 22.7 Å². The highest BCUT2D eigenvalue weighted by Crippen LogP contribution is 2.26. The fourth-order valence-electron chi connectivity index (χ4n) is 2.66. The van der Waals surface area contributed by atoms with E-state index in [1.54, 1.807) is 0 Å². The van der Waals surface area contributed by atoms with Crippen molar-refractivity contribution in [3.63, 3.8) is 0 Å². The summed E-state index contributed by atoms with van der Waals surface area (Å²) < 4.78 is 0.982. The minimum absolute atomic E-state index is 0.779. The second-order valence-electron chi connectivity index (χ2n) is 5.22. The van der Waals surface area contributed by atoms with Crippen molar-refractivity contribution in [3.8, 4) is 0 Å². The van der Waals surface area contributed by atoms with Gasteiger partial charge in [-0.05, 0) is 52.5 Å². The Balaban J connectivity index is 1.66. The molecule has 100 valence electrons. The number of halogens is 2. The van der Waals surface area contributed by atoms with E-state index >= 15 is 0 Å². The third-order valence-corrected chi connectivity index (χ3v) is 4.98. The van der Waals surface area contributed by atoms with E-state index in [1.807, 2.05) is 6.07 Å². The molecule has 0 aliphatic heterocycles. The van der Waals surface area contributed by atoms with Crippen LogP contribution in [-0.2, 0) is 6.54 Å². The Bertz CT molecular complexity index is 375. The lowest BCUT2D eigenvalue weighted by Gasteiger charge is -2.21. The summed E-state index contributed by atoms with van der Waals surface area (Å²) in [6.45, 7) is 2.06. The fourth-order valence-corrected chi connectivity index (χ4v) is 3.21. The summed E-state index contributed by atoms with van der Waals surface area (Å²) in [4.78, 5) is 0. The molecule has 18 heavy (non-hydrogen) atoms. The van der Waals surface area contributed by atoms with Crippen LogP contribution in [0.5, 0.6) is 0 Å². The first-order valence-electron chi connectivity index (χ1n) is 6.90. The summed E-state index contributed by atoms with van der Waals surface area (Å²) in [7, 11) is 0. The van der Waals surface area contributed by atoms with Crippen LogP contribution >= 0.6 is 27.5 Å². The number of hydrogen-bond acceptors (Lipinski definition) is 1. The maximum absolute atomic E-state index is 5.98. The third kappa shape index (κ3) is 4.56. The number of benzene rings is 1. The van der Waals surface area contributed by atoms with E-state index in [2.05, 4.69) is 33.4 Å². The summed E-state index contributed by atoms with van der Waals surface area (Å²) in [6.07, 6.45) is 8.53. The van der Waals surface area contributed by atoms with E-state index < -0.39 is 0 Å². The van der Waals surface area contributed by atoms with Gasteiger partial charge >= 0.3 is 0 Å². The topological polar surface area (TPSA) is 12.0 Å². The van der Waals surface area contributed by atoms with Crippen LogP contribution in [0.25, 0.3) is 0 Å². The molecule has 1 N–H and O–H groups in total. The van der Waals surface area contributed by atoms with Crippen LogP contribution in [0, 0.1) is 5.92 Å². The van der Waals surface area contributed by atoms with Crippen LogP contribution in [0.3, 0.4) is 0 Å². The van der Waals surface area contributed by atoms with Crippen molar-refractivity contribution >= 4 is 27.5 Å². The van der Waals surface area contributed by atoms with Gasteiger partial charge in [0.2, 0.25) is 0 Å². The summed E-state index contributed by atoms with van der Waals surface area (Å²) in [5, 5.41) is 4.31. The highest BCUT2D eigenvalue weighted by Gasteiger charge is 2.12. The highest BCUT2D eigenvalue weighted by molar-refractivity contribution is 9.10. The van der Waals surface area contributed by atoms with E-state index in [4.69, 9.17) is 11.6 Å². The monoisotopic (exact) mass is 329 g/mol. The van der Waals surface area contributed by atoms with Crippen molar-refractivity contribution in [1.29, 1.82) is 0 Å². The molecule has 1 nitrogen and oxygen atoms in total. The second kappa shape index (κ2) is 7.52. The van der Waals surface area contributed by atoms with Gasteiger partial charge in [0.15, 0.2) is 0 Å². The van der Waals surface area contributed by atoms with Crippen LogP contribution in [0.4, 0.5) is 0 Å². The first-order chi connectivity index (χ1) is 8.75. The van der Waals surface area contributed by atoms with Gasteiger partial charge in [-0.3, -0.25) is 0 Å². The van der Waals surface area contributed by atoms with Crippen LogP contribution in [-0.4, -0.2) is 6.54 Å². The average molecular weight is 331 g/mol. The molecule has 1 saturated carbocycles. The maximum Gasteiger partial charge on any atom is 0.0548 e. The van der Waals surface area contributed by atoms with Crippen molar-refractivity contribution in [2.75, 3.05) is 6.54 Å². The zero-order valence-corrected chi connectivity index (χ0v) is 13.1. The zero-order valence-electron chi connectivity index (χ0n) is 10.7. The van der Waals surface area contributed by atoms with E-state index in [1.165, 1.54) is 44.1 Å². The average Bonchev–Trinajstić information content (AvgIpc) is 2.40. The summed E-state index contributed by atoms with van der Waals surface area (Å²) in [5.74, 6) is 0.961. The molecule has 0 radical (unpaired) electrons. The Morgan fingerprint density at radius 1 is 1.22 bits per heavy atom. The molecular formula is C15H21BrClN. The molecule has 2 rings (SSSR count). The van der Waals surface area contributed by atoms with E-state index in [9.17, 15) is 0 Å². The minimum Gasteiger partial charge on any atom is -0.313 e. The van der Waals surface area contributed by atoms with Crippen molar-refractivity contribution in [1.82, 2.24) is 5.32 Å². The third-order valence-electron chi connectivity index (χ3n) is 3.77. The Kier molecular flexibility index (Phi) is 6.00. The van der Waals surface area contributed by atoms with E-state index in [-0.39, 0.29) is 0 Å². The van der Waals surface area contributed by atoms with Crippen LogP contribution in [0.2, 0.25) is 5.02 Å². The molecule has 1 fully saturated rings. The van der Waals surface area contributed by atoms with Gasteiger partial charge in [0.05, 0.1) is 5.02 Å². The molecule has 1 aromatic carbocycles. The lowest BCUT2D eigenvalue weighted by atomic mass is 9.87. The van der Waals surface area contributed by atoms with Gasteiger partial charge in [-0.15, -0.1) is 0 Å². The molecule has 0 bridgehead atoms. The molecule has 0 heterocycles. The predicted molar refractivity (Wildman–Crippen MR) is 82.1 cm³/mol. The van der Waals surface area contributed by atoms with Crippen molar-refractivity contribution in [3.05, 3.63) is 33.3 Å². The van der Waals surface area contributed by atoms with Crippen molar-refractivity contribution in [2.24, 2.45) is 5.92 Å². The summed E-state index contributed by atoms with van der Waals surface area (Å²) >= 11 is 9.43. The Morgan fingerprint density at radius 2 is 2.00 bits per heavy atom. The molecule has 0 spiro atoms. The van der Waals surface area contributed by atoms with Crippen LogP contribution in [0.1, 0.15) is 44.1 Å². The van der Waals surface area contributed by atoms with Gasteiger partial charge in [-0.25, -0.2) is 0 Å². The first kappa shape index (κ1) is 14.4. The molecule has 1 aliphatic rings. The quantitative estimate of drug-likeness (QED) is 0.735. The van der Waals surface area contributed by atoms with Gasteiger partial charge in [-0.1, -0.05) is 49.8 Å². The summed E-state index contributed by atoms with van der Waals surface area (Å²) in [6, 6.07) is 6.13. The molecule has 0 aromatic heterocycles. The molecule has 0 atom stereocenters. The largest absolute Gasteiger partial charge is 0.313 e. The smallest absolute Gasteiger partial charge is 0.0548 e. The number of hydrogen-bond donors (Lipinski definition) is 1. The minimum atomic E-state index is 0.779. The standard InChI is InChI=1S/C15H21BrClN/c16-14-10-13(6-7-15(14)17)11-18-9-8-12-4-2-1-3-5-12/h6-7,10,12,18H,1-5,8-9,11H2. The normalized spacial score (nSPS) is 17.0. The molecule has 3 heteroatoms. The maximum atomic E-state index is 5.98. The Labute approximate surface area is 123 Å². The fraction of sp³-hybridized carbons (Fsp3) is 0.600. The lowest BCUT2D eigenvalue weighted by molar-refractivity contribution is 0.334. The molecule has 0 unspecified atom stereocenters. The second-order valence-corrected chi connectivity index (χ2v) is 6.48. The summed E-state index contributed by atoms with van der Waals surface area (Å²) in [5.41, 5.74) is 1.29. The Morgan fingerprint density at radius 3 is 2.72 bits per heavy atom. The number of nitrogens with one attached hydrogen (secondary N) is 1. The SMILES string of the molecule is Clc1ccc(CNCCC2CCCCC2)cc1Br. The molecular weight excluding hydrogens is 310 g/mol. The Hall–Kier alpha value is -0.0500. The van der Waals surface area contributed by atoms with Crippen molar-refractivity contribution in [2.45, 2.75) is 45.1 Å². The van der Waals surface area contributed by atoms with Gasteiger partial charge in [0.1, 0.15) is 0 Å². The van der Waals surface area contributed by atoms with E-state index in [0.717, 1.165) is 28.5 Å². The predicted octanol–water partition coefficient (Wildman–Crippen LogP) is 5.16. The molecule has 1 aromatic rings. The number of rotatable bonds is 5. The van der Waals surface area contributed by atoms with Gasteiger partial charge in [0, 0.05) is 11.0 Å². The van der Waals surface area contributed by atoms with Gasteiger partial charge < -0.3 is 5.32 Å². The molecule has 1 aliphatic carbocycles. The molecule has 0 saturated heterocycles. The zero-order chi connectivity index (χ0) is 12.8. The highest BCUT2D eigenvalue weighted by atomic mass is 79.9.